The van der Waals surface area contributed by atoms with E-state index in [-0.39, 0.29) is 18.4 Å². The van der Waals surface area contributed by atoms with Crippen LogP contribution in [0.25, 0.3) is 0 Å². The number of rotatable bonds is 2. The minimum Gasteiger partial charge on any atom is -0.383 e. The number of halogens is 3. The summed E-state index contributed by atoms with van der Waals surface area (Å²) in [6.07, 6.45) is 0. The van der Waals surface area contributed by atoms with Gasteiger partial charge in [0.15, 0.2) is 0 Å². The summed E-state index contributed by atoms with van der Waals surface area (Å²) in [6.45, 7) is 2.00. The van der Waals surface area contributed by atoms with Crippen molar-refractivity contribution in [1.82, 2.24) is 14.9 Å². The van der Waals surface area contributed by atoms with Gasteiger partial charge in [-0.25, -0.2) is 0 Å². The largest absolute Gasteiger partial charge is 0.383 e. The molecule has 6 nitrogen and oxygen atoms in total. The molecule has 0 saturated carbocycles. The van der Waals surface area contributed by atoms with E-state index in [1.807, 2.05) is 12.1 Å². The number of hydrogen-bond donors (Lipinski definition) is 3. The predicted octanol–water partition coefficient (Wildman–Crippen LogP) is 2.75. The number of benzene rings is 1. The summed E-state index contributed by atoms with van der Waals surface area (Å²) in [4.78, 5) is 10.3. The highest BCUT2D eigenvalue weighted by atomic mass is 35.5. The van der Waals surface area contributed by atoms with E-state index in [1.54, 1.807) is 6.07 Å². The van der Waals surface area contributed by atoms with E-state index in [9.17, 15) is 0 Å². The fourth-order valence-electron chi connectivity index (χ4n) is 2.30. The molecule has 3 rings (SSSR count). The van der Waals surface area contributed by atoms with E-state index in [0.717, 1.165) is 11.1 Å². The van der Waals surface area contributed by atoms with Gasteiger partial charge >= 0.3 is 0 Å². The van der Waals surface area contributed by atoms with Crippen LogP contribution >= 0.6 is 35.6 Å². The Balaban J connectivity index is 0.00000176. The molecular formula is C13H15Cl3N6. The zero-order valence-corrected chi connectivity index (χ0v) is 13.8. The highest BCUT2D eigenvalue weighted by molar-refractivity contribution is 6.42. The molecule has 0 unspecified atom stereocenters. The average molecular weight is 362 g/mol. The van der Waals surface area contributed by atoms with Crippen molar-refractivity contribution < 1.29 is 0 Å². The zero-order chi connectivity index (χ0) is 15.0. The first-order valence-electron chi connectivity index (χ1n) is 6.35. The molecule has 0 aliphatic carbocycles. The number of nitrogens with one attached hydrogen (secondary N) is 1. The van der Waals surface area contributed by atoms with Gasteiger partial charge < -0.3 is 16.8 Å². The molecule has 0 atom stereocenters. The van der Waals surface area contributed by atoms with E-state index < -0.39 is 0 Å². The number of anilines is 3. The summed E-state index contributed by atoms with van der Waals surface area (Å²) in [5.41, 5.74) is 13.4. The van der Waals surface area contributed by atoms with Gasteiger partial charge in [0.1, 0.15) is 11.6 Å². The molecule has 0 amide bonds. The maximum atomic E-state index is 6.04. The SMILES string of the molecule is Cl.Nc1nc(N)c2c(n1)NCN(Cc1ccc(Cl)c(Cl)c1)C2. The summed E-state index contributed by atoms with van der Waals surface area (Å²) in [6, 6.07) is 5.61. The molecule has 9 heteroatoms. The Kier molecular flexibility index (Phi) is 5.18. The van der Waals surface area contributed by atoms with Crippen molar-refractivity contribution in [2.24, 2.45) is 0 Å². The van der Waals surface area contributed by atoms with Crippen LogP contribution in [0.4, 0.5) is 17.6 Å². The summed E-state index contributed by atoms with van der Waals surface area (Å²) >= 11 is 12.0. The van der Waals surface area contributed by atoms with Crippen LogP contribution in [0.15, 0.2) is 18.2 Å². The Hall–Kier alpha value is -1.47. The lowest BCUT2D eigenvalue weighted by Gasteiger charge is -2.29. The van der Waals surface area contributed by atoms with Crippen molar-refractivity contribution in [3.63, 3.8) is 0 Å². The van der Waals surface area contributed by atoms with Crippen molar-refractivity contribution in [3.05, 3.63) is 39.4 Å². The monoisotopic (exact) mass is 360 g/mol. The van der Waals surface area contributed by atoms with Crippen LogP contribution in [0, 0.1) is 0 Å². The van der Waals surface area contributed by atoms with Gasteiger partial charge in [0.25, 0.3) is 0 Å². The second-order valence-corrected chi connectivity index (χ2v) is 5.68. The number of nitrogen functional groups attached to an aromatic ring is 2. The van der Waals surface area contributed by atoms with Crippen molar-refractivity contribution in [2.45, 2.75) is 13.1 Å². The smallest absolute Gasteiger partial charge is 0.223 e. The van der Waals surface area contributed by atoms with E-state index in [2.05, 4.69) is 20.2 Å². The molecule has 2 aromatic rings. The second kappa shape index (κ2) is 6.75. The molecule has 22 heavy (non-hydrogen) atoms. The summed E-state index contributed by atoms with van der Waals surface area (Å²) in [7, 11) is 0. The molecule has 5 N–H and O–H groups in total. The van der Waals surface area contributed by atoms with Crippen molar-refractivity contribution in [3.8, 4) is 0 Å². The minimum atomic E-state index is 0. The Morgan fingerprint density at radius 2 is 1.95 bits per heavy atom. The first-order chi connectivity index (χ1) is 10.0. The van der Waals surface area contributed by atoms with Gasteiger partial charge in [-0.3, -0.25) is 4.90 Å². The lowest BCUT2D eigenvalue weighted by Crippen LogP contribution is -2.34. The topological polar surface area (TPSA) is 93.1 Å². The molecule has 2 heterocycles. The molecule has 1 aliphatic rings. The van der Waals surface area contributed by atoms with E-state index in [4.69, 9.17) is 34.7 Å². The van der Waals surface area contributed by atoms with Gasteiger partial charge in [-0.2, -0.15) is 9.97 Å². The third-order valence-corrected chi connectivity index (χ3v) is 4.04. The maximum Gasteiger partial charge on any atom is 0.223 e. The molecule has 1 aromatic carbocycles. The zero-order valence-electron chi connectivity index (χ0n) is 11.5. The summed E-state index contributed by atoms with van der Waals surface area (Å²) in [5, 5.41) is 4.30. The summed E-state index contributed by atoms with van der Waals surface area (Å²) in [5.74, 6) is 1.28. The Bertz CT molecular complexity index is 694. The second-order valence-electron chi connectivity index (χ2n) is 4.86. The van der Waals surface area contributed by atoms with Crippen LogP contribution in [-0.2, 0) is 13.1 Å². The third-order valence-electron chi connectivity index (χ3n) is 3.30. The highest BCUT2D eigenvalue weighted by Crippen LogP contribution is 2.27. The molecule has 1 aliphatic heterocycles. The molecule has 0 saturated heterocycles. The number of nitrogens with two attached hydrogens (primary N) is 2. The van der Waals surface area contributed by atoms with Crippen molar-refractivity contribution >= 4 is 53.2 Å². The molecule has 0 spiro atoms. The fourth-order valence-corrected chi connectivity index (χ4v) is 2.62. The van der Waals surface area contributed by atoms with Gasteiger partial charge in [-0.15, -0.1) is 12.4 Å². The van der Waals surface area contributed by atoms with Gasteiger partial charge in [0.05, 0.1) is 22.3 Å². The molecule has 118 valence electrons. The first kappa shape index (κ1) is 16.9. The van der Waals surface area contributed by atoms with E-state index in [0.29, 0.717) is 41.4 Å². The fraction of sp³-hybridized carbons (Fsp3) is 0.231. The summed E-state index contributed by atoms with van der Waals surface area (Å²) < 4.78 is 0. The van der Waals surface area contributed by atoms with E-state index >= 15 is 0 Å². The number of fused-ring (bicyclic) bond motifs is 1. The Morgan fingerprint density at radius 3 is 2.68 bits per heavy atom. The van der Waals surface area contributed by atoms with Gasteiger partial charge in [-0.1, -0.05) is 29.3 Å². The third kappa shape index (κ3) is 3.47. The Morgan fingerprint density at radius 1 is 1.18 bits per heavy atom. The highest BCUT2D eigenvalue weighted by Gasteiger charge is 2.20. The van der Waals surface area contributed by atoms with Crippen LogP contribution in [0.1, 0.15) is 11.1 Å². The normalized spacial score (nSPS) is 13.9. The van der Waals surface area contributed by atoms with Gasteiger partial charge in [0, 0.05) is 13.1 Å². The number of nitrogens with zero attached hydrogens (tertiary/aromatic N) is 3. The van der Waals surface area contributed by atoms with Crippen LogP contribution in [-0.4, -0.2) is 21.5 Å². The molecule has 1 aromatic heterocycles. The molecule has 0 bridgehead atoms. The lowest BCUT2D eigenvalue weighted by molar-refractivity contribution is 0.266. The maximum absolute atomic E-state index is 6.04. The minimum absolute atomic E-state index is 0. The van der Waals surface area contributed by atoms with Crippen LogP contribution in [0.3, 0.4) is 0 Å². The van der Waals surface area contributed by atoms with Crippen LogP contribution < -0.4 is 16.8 Å². The molecule has 0 fully saturated rings. The average Bonchev–Trinajstić information content (AvgIpc) is 2.43. The number of aromatic nitrogens is 2. The molecule has 0 radical (unpaired) electrons. The first-order valence-corrected chi connectivity index (χ1v) is 7.10. The van der Waals surface area contributed by atoms with Gasteiger partial charge in [-0.05, 0) is 17.7 Å². The quantitative estimate of drug-likeness (QED) is 0.761. The Labute approximate surface area is 144 Å². The van der Waals surface area contributed by atoms with Crippen LogP contribution in [0.5, 0.6) is 0 Å². The van der Waals surface area contributed by atoms with Crippen LogP contribution in [0.2, 0.25) is 10.0 Å². The molecular weight excluding hydrogens is 347 g/mol. The van der Waals surface area contributed by atoms with Crippen molar-refractivity contribution in [2.75, 3.05) is 23.5 Å². The predicted molar refractivity (Wildman–Crippen MR) is 92.3 cm³/mol. The van der Waals surface area contributed by atoms with Gasteiger partial charge in [0.2, 0.25) is 5.95 Å². The van der Waals surface area contributed by atoms with Crippen molar-refractivity contribution in [1.29, 1.82) is 0 Å². The lowest BCUT2D eigenvalue weighted by atomic mass is 10.1. The number of hydrogen-bond acceptors (Lipinski definition) is 6. The standard InChI is InChI=1S/C13H14Cl2N6.ClH/c14-9-2-1-7(3-10(9)15)4-21-5-8-11(16)19-13(17)20-12(8)18-6-21;/h1-3H,4-6H2,(H5,16,17,18,19,20);1H. The van der Waals surface area contributed by atoms with E-state index in [1.165, 1.54) is 0 Å².